The molecule has 9 heteroatoms. The molecule has 0 unspecified atom stereocenters. The van der Waals surface area contributed by atoms with E-state index in [0.29, 0.717) is 19.1 Å². The van der Waals surface area contributed by atoms with E-state index in [1.807, 2.05) is 0 Å². The zero-order chi connectivity index (χ0) is 14.6. The first-order valence-corrected chi connectivity index (χ1v) is 8.50. The Morgan fingerprint density at radius 1 is 1.55 bits per heavy atom. The zero-order valence-corrected chi connectivity index (χ0v) is 12.6. The fourth-order valence-corrected chi connectivity index (χ4v) is 3.69. The van der Waals surface area contributed by atoms with E-state index in [9.17, 15) is 13.2 Å². The van der Waals surface area contributed by atoms with Crippen LogP contribution in [0.2, 0.25) is 0 Å². The molecule has 0 amide bonds. The average molecular weight is 320 g/mol. The molecular formula is C11H16N2O5S2. The Bertz CT molecular complexity index is 565. The summed E-state index contributed by atoms with van der Waals surface area (Å²) in [5, 5.41) is 0. The Kier molecular flexibility index (Phi) is 5.08. The number of esters is 1. The molecule has 1 aromatic heterocycles. The van der Waals surface area contributed by atoms with Gasteiger partial charge < -0.3 is 9.47 Å². The maximum Gasteiger partial charge on any atom is 0.358 e. The number of carbonyl (C=O) groups is 1. The number of methoxy groups -OCH3 is 1. The number of aromatic nitrogens is 1. The SMILES string of the molecule is COC(=O)c1ncsc1S(=O)(=O)NCCOCC1CC1. The molecule has 20 heavy (non-hydrogen) atoms. The summed E-state index contributed by atoms with van der Waals surface area (Å²) in [4.78, 5) is 15.1. The summed E-state index contributed by atoms with van der Waals surface area (Å²) < 4.78 is 36.2. The number of nitrogens with one attached hydrogen (secondary N) is 1. The number of hydrogen-bond donors (Lipinski definition) is 1. The predicted molar refractivity (Wildman–Crippen MR) is 72.2 cm³/mol. The summed E-state index contributed by atoms with van der Waals surface area (Å²) in [5.74, 6) is -0.129. The van der Waals surface area contributed by atoms with Crippen LogP contribution in [0.5, 0.6) is 0 Å². The van der Waals surface area contributed by atoms with E-state index in [4.69, 9.17) is 4.74 Å². The van der Waals surface area contributed by atoms with Crippen molar-refractivity contribution in [3.8, 4) is 0 Å². The standard InChI is InChI=1S/C11H16N2O5S2/c1-17-10(14)9-11(19-7-12-9)20(15,16)13-4-5-18-6-8-2-3-8/h7-8,13H,2-6H2,1H3. The molecule has 112 valence electrons. The van der Waals surface area contributed by atoms with Gasteiger partial charge in [0.1, 0.15) is 0 Å². The number of rotatable bonds is 8. The van der Waals surface area contributed by atoms with Gasteiger partial charge in [-0.05, 0) is 18.8 Å². The van der Waals surface area contributed by atoms with Gasteiger partial charge in [-0.25, -0.2) is 22.9 Å². The van der Waals surface area contributed by atoms with Crippen LogP contribution in [-0.2, 0) is 19.5 Å². The van der Waals surface area contributed by atoms with Crippen LogP contribution in [0.15, 0.2) is 9.72 Å². The Balaban J connectivity index is 1.88. The molecule has 0 spiro atoms. The molecule has 0 aromatic carbocycles. The molecular weight excluding hydrogens is 304 g/mol. The predicted octanol–water partition coefficient (Wildman–Crippen LogP) is 0.635. The average Bonchev–Trinajstić information content (AvgIpc) is 3.10. The molecule has 0 saturated heterocycles. The molecule has 0 radical (unpaired) electrons. The van der Waals surface area contributed by atoms with Crippen LogP contribution >= 0.6 is 11.3 Å². The lowest BCUT2D eigenvalue weighted by Crippen LogP contribution is -2.28. The van der Waals surface area contributed by atoms with Crippen molar-refractivity contribution in [1.29, 1.82) is 0 Å². The summed E-state index contributed by atoms with van der Waals surface area (Å²) in [6.07, 6.45) is 2.38. The summed E-state index contributed by atoms with van der Waals surface area (Å²) in [6.45, 7) is 1.14. The lowest BCUT2D eigenvalue weighted by Gasteiger charge is -2.06. The van der Waals surface area contributed by atoms with Crippen molar-refractivity contribution in [3.05, 3.63) is 11.2 Å². The van der Waals surface area contributed by atoms with Gasteiger partial charge in [0.25, 0.3) is 10.0 Å². The van der Waals surface area contributed by atoms with Crippen LogP contribution in [0.1, 0.15) is 23.3 Å². The lowest BCUT2D eigenvalue weighted by atomic mass is 10.5. The first-order chi connectivity index (χ1) is 9.54. The highest BCUT2D eigenvalue weighted by molar-refractivity contribution is 7.91. The van der Waals surface area contributed by atoms with E-state index in [0.717, 1.165) is 11.3 Å². The highest BCUT2D eigenvalue weighted by Crippen LogP contribution is 2.28. The summed E-state index contributed by atoms with van der Waals surface area (Å²) >= 11 is 0.876. The molecule has 2 rings (SSSR count). The molecule has 1 saturated carbocycles. The van der Waals surface area contributed by atoms with Crippen LogP contribution < -0.4 is 4.72 Å². The van der Waals surface area contributed by atoms with Crippen molar-refractivity contribution in [2.75, 3.05) is 26.9 Å². The normalized spacial score (nSPS) is 15.2. The minimum Gasteiger partial charge on any atom is -0.464 e. The van der Waals surface area contributed by atoms with Gasteiger partial charge in [-0.2, -0.15) is 0 Å². The highest BCUT2D eigenvalue weighted by Gasteiger charge is 2.26. The van der Waals surface area contributed by atoms with Gasteiger partial charge in [0.15, 0.2) is 9.90 Å². The van der Waals surface area contributed by atoms with Crippen LogP contribution in [0.4, 0.5) is 0 Å². The molecule has 1 N–H and O–H groups in total. The van der Waals surface area contributed by atoms with Crippen molar-refractivity contribution < 1.29 is 22.7 Å². The Hall–Kier alpha value is -1.03. The minimum atomic E-state index is -3.76. The molecule has 1 aliphatic carbocycles. The second kappa shape index (κ2) is 6.61. The quantitative estimate of drug-likeness (QED) is 0.558. The van der Waals surface area contributed by atoms with E-state index < -0.39 is 16.0 Å². The van der Waals surface area contributed by atoms with E-state index in [1.54, 1.807) is 0 Å². The number of thiazole rings is 1. The van der Waals surface area contributed by atoms with Crippen LogP contribution in [0, 0.1) is 5.92 Å². The number of nitrogens with zero attached hydrogens (tertiary/aromatic N) is 1. The molecule has 0 bridgehead atoms. The minimum absolute atomic E-state index is 0.133. The van der Waals surface area contributed by atoms with Gasteiger partial charge in [-0.1, -0.05) is 0 Å². The van der Waals surface area contributed by atoms with Gasteiger partial charge in [0.05, 0.1) is 19.2 Å². The van der Waals surface area contributed by atoms with Gasteiger partial charge >= 0.3 is 5.97 Å². The summed E-state index contributed by atoms with van der Waals surface area (Å²) in [6, 6.07) is 0. The molecule has 0 atom stereocenters. The second-order valence-corrected chi connectivity index (χ2v) is 7.21. The van der Waals surface area contributed by atoms with E-state index in [2.05, 4.69) is 14.4 Å². The van der Waals surface area contributed by atoms with Crippen LogP contribution in [0.3, 0.4) is 0 Å². The maximum absolute atomic E-state index is 12.0. The lowest BCUT2D eigenvalue weighted by molar-refractivity contribution is 0.0590. The van der Waals surface area contributed by atoms with Gasteiger partial charge in [0, 0.05) is 13.2 Å². The number of ether oxygens (including phenoxy) is 2. The van der Waals surface area contributed by atoms with Gasteiger partial charge in [-0.15, -0.1) is 11.3 Å². The molecule has 1 aliphatic rings. The van der Waals surface area contributed by atoms with Gasteiger partial charge in [0.2, 0.25) is 0 Å². The van der Waals surface area contributed by atoms with Crippen molar-refractivity contribution in [2.45, 2.75) is 17.1 Å². The van der Waals surface area contributed by atoms with Crippen molar-refractivity contribution in [1.82, 2.24) is 9.71 Å². The summed E-state index contributed by atoms with van der Waals surface area (Å²) in [7, 11) is -2.58. The van der Waals surface area contributed by atoms with Crippen LogP contribution in [0.25, 0.3) is 0 Å². The van der Waals surface area contributed by atoms with Crippen molar-refractivity contribution in [2.24, 2.45) is 5.92 Å². The summed E-state index contributed by atoms with van der Waals surface area (Å²) in [5.41, 5.74) is 1.11. The Morgan fingerprint density at radius 3 is 2.95 bits per heavy atom. The number of carbonyl (C=O) groups excluding carboxylic acids is 1. The molecule has 1 aromatic rings. The Labute approximate surface area is 121 Å². The molecule has 0 aliphatic heterocycles. The second-order valence-electron chi connectivity index (χ2n) is 4.40. The molecule has 1 fully saturated rings. The fraction of sp³-hybridized carbons (Fsp3) is 0.636. The number of hydrogen-bond acceptors (Lipinski definition) is 7. The fourth-order valence-electron chi connectivity index (χ4n) is 1.51. The van der Waals surface area contributed by atoms with E-state index in [-0.39, 0.29) is 16.4 Å². The topological polar surface area (TPSA) is 94.6 Å². The monoisotopic (exact) mass is 320 g/mol. The van der Waals surface area contributed by atoms with Crippen molar-refractivity contribution in [3.63, 3.8) is 0 Å². The third kappa shape index (κ3) is 3.98. The van der Waals surface area contributed by atoms with Gasteiger partial charge in [-0.3, -0.25) is 0 Å². The first kappa shape index (κ1) is 15.4. The van der Waals surface area contributed by atoms with E-state index in [1.165, 1.54) is 25.5 Å². The Morgan fingerprint density at radius 2 is 2.30 bits per heavy atom. The van der Waals surface area contributed by atoms with Crippen LogP contribution in [-0.4, -0.2) is 46.2 Å². The molecule has 1 heterocycles. The molecule has 7 nitrogen and oxygen atoms in total. The van der Waals surface area contributed by atoms with E-state index >= 15 is 0 Å². The third-order valence-electron chi connectivity index (χ3n) is 2.75. The first-order valence-electron chi connectivity index (χ1n) is 6.14. The largest absolute Gasteiger partial charge is 0.464 e. The highest BCUT2D eigenvalue weighted by atomic mass is 32.2. The number of sulfonamides is 1. The third-order valence-corrected chi connectivity index (χ3v) is 5.58. The van der Waals surface area contributed by atoms with Crippen molar-refractivity contribution >= 4 is 27.3 Å². The smallest absolute Gasteiger partial charge is 0.358 e. The maximum atomic E-state index is 12.0. The zero-order valence-electron chi connectivity index (χ0n) is 11.0.